The Morgan fingerprint density at radius 1 is 1.29 bits per heavy atom. The maximum atomic E-state index is 13.1. The second-order valence-corrected chi connectivity index (χ2v) is 8.84. The first-order chi connectivity index (χ1) is 13.3. The zero-order valence-electron chi connectivity index (χ0n) is 16.5. The van der Waals surface area contributed by atoms with Crippen LogP contribution in [0.25, 0.3) is 0 Å². The lowest BCUT2D eigenvalue weighted by atomic mass is 9.59. The lowest BCUT2D eigenvalue weighted by Gasteiger charge is -2.50. The average molecular weight is 384 g/mol. The summed E-state index contributed by atoms with van der Waals surface area (Å²) in [5, 5.41) is 5.83. The van der Waals surface area contributed by atoms with Gasteiger partial charge in [-0.05, 0) is 41.8 Å². The van der Waals surface area contributed by atoms with Gasteiger partial charge >= 0.3 is 0 Å². The molecule has 0 bridgehead atoms. The van der Waals surface area contributed by atoms with Crippen LogP contribution in [-0.2, 0) is 22.7 Å². The number of piperidine rings is 1. The van der Waals surface area contributed by atoms with E-state index in [2.05, 4.69) is 24.5 Å². The van der Waals surface area contributed by atoms with Crippen molar-refractivity contribution in [2.45, 2.75) is 58.3 Å². The molecule has 0 radical (unpaired) electrons. The number of benzene rings is 1. The number of nitrogens with one attached hydrogen (secondary N) is 2. The Hall–Kier alpha value is -2.25. The summed E-state index contributed by atoms with van der Waals surface area (Å²) in [6.45, 7) is 6.30. The maximum absolute atomic E-state index is 13.1. The van der Waals surface area contributed by atoms with E-state index in [1.165, 1.54) is 0 Å². The summed E-state index contributed by atoms with van der Waals surface area (Å²) < 4.78 is 0. The van der Waals surface area contributed by atoms with E-state index in [9.17, 15) is 14.4 Å². The molecule has 3 amide bonds. The molecule has 3 atom stereocenters. The third-order valence-electron chi connectivity index (χ3n) is 6.89. The minimum atomic E-state index is -0.573. The highest BCUT2D eigenvalue weighted by Gasteiger charge is 2.45. The highest BCUT2D eigenvalue weighted by molar-refractivity contribution is 6.05. The van der Waals surface area contributed by atoms with Gasteiger partial charge < -0.3 is 16.0 Å². The summed E-state index contributed by atoms with van der Waals surface area (Å²) in [5.74, 6) is -0.225. The highest BCUT2D eigenvalue weighted by Crippen LogP contribution is 2.44. The molecule has 1 aliphatic carbocycles. The molecular formula is C21H28N4O3. The molecule has 2 fully saturated rings. The molecule has 28 heavy (non-hydrogen) atoms. The van der Waals surface area contributed by atoms with Crippen LogP contribution >= 0.6 is 0 Å². The van der Waals surface area contributed by atoms with Gasteiger partial charge in [0.05, 0.1) is 0 Å². The highest BCUT2D eigenvalue weighted by atomic mass is 16.2. The molecule has 1 saturated heterocycles. The first-order valence-electron chi connectivity index (χ1n) is 10.0. The van der Waals surface area contributed by atoms with Crippen molar-refractivity contribution in [3.8, 4) is 0 Å². The van der Waals surface area contributed by atoms with E-state index >= 15 is 0 Å². The van der Waals surface area contributed by atoms with Gasteiger partial charge in [-0.25, -0.2) is 0 Å². The first kappa shape index (κ1) is 19.1. The number of carbonyl (C=O) groups is 3. The summed E-state index contributed by atoms with van der Waals surface area (Å²) in [6.07, 6.45) is 1.67. The molecule has 1 aromatic rings. The summed E-state index contributed by atoms with van der Waals surface area (Å²) in [4.78, 5) is 38.3. The number of amides is 3. The van der Waals surface area contributed by atoms with Crippen LogP contribution in [0, 0.1) is 11.3 Å². The Kier molecular flexibility index (Phi) is 4.75. The zero-order valence-corrected chi connectivity index (χ0v) is 16.5. The van der Waals surface area contributed by atoms with E-state index in [1.807, 2.05) is 18.2 Å². The molecule has 4 N–H and O–H groups in total. The van der Waals surface area contributed by atoms with E-state index in [0.29, 0.717) is 31.0 Å². The summed E-state index contributed by atoms with van der Waals surface area (Å²) in [5.41, 5.74) is 8.84. The summed E-state index contributed by atoms with van der Waals surface area (Å²) >= 11 is 0. The molecule has 1 saturated carbocycles. The van der Waals surface area contributed by atoms with Crippen molar-refractivity contribution in [2.24, 2.45) is 17.1 Å². The average Bonchev–Trinajstić information content (AvgIpc) is 2.98. The maximum Gasteiger partial charge on any atom is 0.255 e. The van der Waals surface area contributed by atoms with Crippen LogP contribution in [-0.4, -0.2) is 41.2 Å². The third-order valence-corrected chi connectivity index (χ3v) is 6.89. The number of nitrogens with zero attached hydrogens (tertiary/aromatic N) is 1. The fraction of sp³-hybridized carbons (Fsp3) is 0.571. The Balaban J connectivity index is 1.43. The zero-order chi connectivity index (χ0) is 20.1. The van der Waals surface area contributed by atoms with Crippen molar-refractivity contribution in [3.63, 3.8) is 0 Å². The number of rotatable bonds is 5. The molecule has 2 aliphatic heterocycles. The van der Waals surface area contributed by atoms with Crippen molar-refractivity contribution in [1.82, 2.24) is 15.5 Å². The fourth-order valence-electron chi connectivity index (χ4n) is 4.62. The van der Waals surface area contributed by atoms with Crippen LogP contribution in [0.5, 0.6) is 0 Å². The fourth-order valence-corrected chi connectivity index (χ4v) is 4.62. The number of carbonyl (C=O) groups excluding carboxylic acids is 3. The lowest BCUT2D eigenvalue weighted by molar-refractivity contribution is -0.136. The number of nitrogens with two attached hydrogens (primary N) is 1. The van der Waals surface area contributed by atoms with Crippen LogP contribution in [0.4, 0.5) is 0 Å². The molecule has 1 aromatic carbocycles. The molecule has 0 spiro atoms. The van der Waals surface area contributed by atoms with Crippen LogP contribution in [0.3, 0.4) is 0 Å². The molecule has 3 unspecified atom stereocenters. The Morgan fingerprint density at radius 2 is 2.07 bits per heavy atom. The van der Waals surface area contributed by atoms with Gasteiger partial charge in [-0.3, -0.25) is 19.7 Å². The van der Waals surface area contributed by atoms with Crippen molar-refractivity contribution in [1.29, 1.82) is 0 Å². The summed E-state index contributed by atoms with van der Waals surface area (Å²) in [6, 6.07) is 5.55. The number of fused-ring (bicyclic) bond motifs is 1. The van der Waals surface area contributed by atoms with Crippen molar-refractivity contribution in [2.75, 3.05) is 6.54 Å². The van der Waals surface area contributed by atoms with E-state index in [4.69, 9.17) is 5.73 Å². The van der Waals surface area contributed by atoms with Gasteiger partial charge in [0.25, 0.3) is 5.91 Å². The second kappa shape index (κ2) is 6.97. The minimum Gasteiger partial charge on any atom is -0.327 e. The second-order valence-electron chi connectivity index (χ2n) is 8.84. The normalized spacial score (nSPS) is 28.8. The van der Waals surface area contributed by atoms with Crippen LogP contribution in [0.1, 0.15) is 54.6 Å². The minimum absolute atomic E-state index is 0.118. The Bertz CT molecular complexity index is 835. The van der Waals surface area contributed by atoms with Gasteiger partial charge in [0.2, 0.25) is 11.8 Å². The van der Waals surface area contributed by atoms with Crippen molar-refractivity contribution in [3.05, 3.63) is 34.9 Å². The van der Waals surface area contributed by atoms with Gasteiger partial charge in [-0.15, -0.1) is 0 Å². The molecule has 150 valence electrons. The molecule has 2 heterocycles. The van der Waals surface area contributed by atoms with E-state index in [-0.39, 0.29) is 35.6 Å². The van der Waals surface area contributed by atoms with Crippen molar-refractivity contribution >= 4 is 17.7 Å². The van der Waals surface area contributed by atoms with Gasteiger partial charge in [0.15, 0.2) is 0 Å². The monoisotopic (exact) mass is 384 g/mol. The van der Waals surface area contributed by atoms with Crippen LogP contribution < -0.4 is 16.4 Å². The van der Waals surface area contributed by atoms with Gasteiger partial charge in [-0.2, -0.15) is 0 Å². The first-order valence-corrected chi connectivity index (χ1v) is 10.0. The standard InChI is InChI=1S/C21H28N4O3/c1-21(2)14(8-16(21)22)10-23-9-12-4-3-5-13-11-25(20(28)18(12)13)15-6-7-17(26)24-19(15)27/h3-5,14-16,23H,6-11,22H2,1-2H3,(H,24,26,27). The number of hydrogen-bond acceptors (Lipinski definition) is 5. The Morgan fingerprint density at radius 3 is 2.75 bits per heavy atom. The molecule has 4 rings (SSSR count). The molecule has 0 aromatic heterocycles. The quantitative estimate of drug-likeness (QED) is 0.655. The predicted molar refractivity (Wildman–Crippen MR) is 104 cm³/mol. The molecule has 7 heteroatoms. The van der Waals surface area contributed by atoms with Crippen molar-refractivity contribution < 1.29 is 14.4 Å². The number of imide groups is 1. The molecule has 7 nitrogen and oxygen atoms in total. The smallest absolute Gasteiger partial charge is 0.255 e. The predicted octanol–water partition coefficient (Wildman–Crippen LogP) is 0.911. The topological polar surface area (TPSA) is 105 Å². The lowest BCUT2D eigenvalue weighted by Crippen LogP contribution is -2.57. The van der Waals surface area contributed by atoms with Gasteiger partial charge in [0.1, 0.15) is 6.04 Å². The third kappa shape index (κ3) is 3.12. The number of hydrogen-bond donors (Lipinski definition) is 3. The van der Waals surface area contributed by atoms with E-state index in [1.54, 1.807) is 4.90 Å². The van der Waals surface area contributed by atoms with E-state index in [0.717, 1.165) is 24.1 Å². The van der Waals surface area contributed by atoms with E-state index < -0.39 is 6.04 Å². The van der Waals surface area contributed by atoms with Crippen LogP contribution in [0.15, 0.2) is 18.2 Å². The molecular weight excluding hydrogens is 356 g/mol. The molecule has 3 aliphatic rings. The largest absolute Gasteiger partial charge is 0.327 e. The SMILES string of the molecule is CC1(C)C(N)CC1CNCc1cccc2c1C(=O)N(C1CCC(=O)NC1=O)C2. The summed E-state index contributed by atoms with van der Waals surface area (Å²) in [7, 11) is 0. The Labute approximate surface area is 165 Å². The van der Waals surface area contributed by atoms with Crippen LogP contribution in [0.2, 0.25) is 0 Å². The van der Waals surface area contributed by atoms with Gasteiger partial charge in [-0.1, -0.05) is 32.0 Å². The van der Waals surface area contributed by atoms with Gasteiger partial charge in [0, 0.05) is 31.1 Å².